The van der Waals surface area contributed by atoms with Gasteiger partial charge >= 0.3 is 0 Å². The quantitative estimate of drug-likeness (QED) is 0.693. The molecule has 1 aromatic heterocycles. The van der Waals surface area contributed by atoms with Gasteiger partial charge in [-0.15, -0.1) is 0 Å². The Morgan fingerprint density at radius 1 is 0.962 bits per heavy atom. The van der Waals surface area contributed by atoms with E-state index >= 15 is 0 Å². The summed E-state index contributed by atoms with van der Waals surface area (Å²) >= 11 is 0. The van der Waals surface area contributed by atoms with Crippen molar-refractivity contribution in [3.8, 4) is 0 Å². The molecule has 0 spiro atoms. The first-order valence-electron chi connectivity index (χ1n) is 8.66. The number of aromatic nitrogens is 1. The lowest BCUT2D eigenvalue weighted by atomic mass is 10.1. The average Bonchev–Trinajstić information content (AvgIpc) is 2.65. The van der Waals surface area contributed by atoms with E-state index in [1.54, 1.807) is 12.3 Å². The van der Waals surface area contributed by atoms with Crippen molar-refractivity contribution < 1.29 is 4.79 Å². The summed E-state index contributed by atoms with van der Waals surface area (Å²) in [4.78, 5) is 16.8. The Morgan fingerprint density at radius 2 is 1.73 bits per heavy atom. The SMILES string of the molecule is Cc1ccccc1CNc1ccnc(C(=O)Nc2cccc(C)c2C)c1. The zero-order valence-electron chi connectivity index (χ0n) is 15.3. The highest BCUT2D eigenvalue weighted by Crippen LogP contribution is 2.19. The molecule has 0 atom stereocenters. The minimum atomic E-state index is -0.210. The number of nitrogens with one attached hydrogen (secondary N) is 2. The molecule has 3 aromatic rings. The highest BCUT2D eigenvalue weighted by Gasteiger charge is 2.10. The van der Waals surface area contributed by atoms with Crippen LogP contribution < -0.4 is 10.6 Å². The number of carbonyl (C=O) groups is 1. The minimum Gasteiger partial charge on any atom is -0.381 e. The van der Waals surface area contributed by atoms with Crippen LogP contribution in [0, 0.1) is 20.8 Å². The van der Waals surface area contributed by atoms with Gasteiger partial charge < -0.3 is 10.6 Å². The first-order valence-corrected chi connectivity index (χ1v) is 8.66. The smallest absolute Gasteiger partial charge is 0.274 e. The van der Waals surface area contributed by atoms with Crippen LogP contribution in [-0.4, -0.2) is 10.9 Å². The fraction of sp³-hybridized carbons (Fsp3) is 0.182. The van der Waals surface area contributed by atoms with Crippen LogP contribution >= 0.6 is 0 Å². The molecular weight excluding hydrogens is 322 g/mol. The molecule has 26 heavy (non-hydrogen) atoms. The monoisotopic (exact) mass is 345 g/mol. The van der Waals surface area contributed by atoms with Crippen molar-refractivity contribution in [1.82, 2.24) is 4.98 Å². The summed E-state index contributed by atoms with van der Waals surface area (Å²) < 4.78 is 0. The molecule has 0 unspecified atom stereocenters. The van der Waals surface area contributed by atoms with E-state index in [4.69, 9.17) is 0 Å². The van der Waals surface area contributed by atoms with Crippen molar-refractivity contribution >= 4 is 17.3 Å². The predicted octanol–water partition coefficient (Wildman–Crippen LogP) is 4.87. The van der Waals surface area contributed by atoms with Crippen molar-refractivity contribution in [3.63, 3.8) is 0 Å². The van der Waals surface area contributed by atoms with Crippen LogP contribution in [-0.2, 0) is 6.54 Å². The number of hydrogen-bond acceptors (Lipinski definition) is 3. The Morgan fingerprint density at radius 3 is 2.54 bits per heavy atom. The van der Waals surface area contributed by atoms with Gasteiger partial charge in [0.05, 0.1) is 0 Å². The molecule has 0 bridgehead atoms. The molecule has 3 rings (SSSR count). The first-order chi connectivity index (χ1) is 12.5. The van der Waals surface area contributed by atoms with Crippen molar-refractivity contribution in [2.75, 3.05) is 10.6 Å². The van der Waals surface area contributed by atoms with Crippen LogP contribution in [0.3, 0.4) is 0 Å². The third-order valence-electron chi connectivity index (χ3n) is 4.59. The molecular formula is C22H23N3O. The molecule has 0 aliphatic heterocycles. The van der Waals surface area contributed by atoms with E-state index < -0.39 is 0 Å². The normalized spacial score (nSPS) is 10.4. The van der Waals surface area contributed by atoms with E-state index in [-0.39, 0.29) is 5.91 Å². The summed E-state index contributed by atoms with van der Waals surface area (Å²) in [6.45, 7) is 6.82. The third-order valence-corrected chi connectivity index (χ3v) is 4.59. The molecule has 2 N–H and O–H groups in total. The number of benzene rings is 2. The number of nitrogens with zero attached hydrogens (tertiary/aromatic N) is 1. The van der Waals surface area contributed by atoms with E-state index in [9.17, 15) is 4.79 Å². The molecule has 4 heteroatoms. The van der Waals surface area contributed by atoms with Crippen LogP contribution in [0.4, 0.5) is 11.4 Å². The number of hydrogen-bond donors (Lipinski definition) is 2. The van der Waals surface area contributed by atoms with Gasteiger partial charge in [-0.2, -0.15) is 0 Å². The van der Waals surface area contributed by atoms with Crippen molar-refractivity contribution in [2.24, 2.45) is 0 Å². The summed E-state index contributed by atoms with van der Waals surface area (Å²) in [6, 6.07) is 17.8. The zero-order valence-corrected chi connectivity index (χ0v) is 15.3. The molecule has 0 radical (unpaired) electrons. The second-order valence-electron chi connectivity index (χ2n) is 6.41. The molecule has 2 aromatic carbocycles. The lowest BCUT2D eigenvalue weighted by molar-refractivity contribution is 0.102. The molecule has 0 saturated carbocycles. The van der Waals surface area contributed by atoms with E-state index in [0.29, 0.717) is 12.2 Å². The second kappa shape index (κ2) is 7.83. The number of amides is 1. The molecule has 1 amide bonds. The van der Waals surface area contributed by atoms with E-state index in [2.05, 4.69) is 34.7 Å². The topological polar surface area (TPSA) is 54.0 Å². The van der Waals surface area contributed by atoms with Gasteiger partial charge in [0.2, 0.25) is 0 Å². The second-order valence-corrected chi connectivity index (χ2v) is 6.41. The summed E-state index contributed by atoms with van der Waals surface area (Å²) in [7, 11) is 0. The van der Waals surface area contributed by atoms with Crippen molar-refractivity contribution in [1.29, 1.82) is 0 Å². The third kappa shape index (κ3) is 4.09. The average molecular weight is 345 g/mol. The summed E-state index contributed by atoms with van der Waals surface area (Å²) in [6.07, 6.45) is 1.65. The molecule has 0 saturated heterocycles. The van der Waals surface area contributed by atoms with Crippen LogP contribution in [0.2, 0.25) is 0 Å². The molecule has 1 heterocycles. The van der Waals surface area contributed by atoms with Gasteiger partial charge in [0.15, 0.2) is 0 Å². The maximum Gasteiger partial charge on any atom is 0.274 e. The summed E-state index contributed by atoms with van der Waals surface area (Å²) in [5.41, 5.74) is 6.75. The maximum absolute atomic E-state index is 12.6. The predicted molar refractivity (Wildman–Crippen MR) is 107 cm³/mol. The van der Waals surface area contributed by atoms with Crippen molar-refractivity contribution in [3.05, 3.63) is 88.7 Å². The van der Waals surface area contributed by atoms with Crippen LogP contribution in [0.15, 0.2) is 60.8 Å². The summed E-state index contributed by atoms with van der Waals surface area (Å²) in [5, 5.41) is 6.31. The number of pyridine rings is 1. The first kappa shape index (κ1) is 17.7. The molecule has 4 nitrogen and oxygen atoms in total. The standard InChI is InChI=1S/C22H23N3O/c1-15-8-6-10-20(17(15)3)25-22(26)21-13-19(11-12-23-21)24-14-18-9-5-4-7-16(18)2/h4-13H,14H2,1-3H3,(H,23,24)(H,25,26). The van der Waals surface area contributed by atoms with E-state index in [0.717, 1.165) is 22.5 Å². The Balaban J connectivity index is 1.71. The molecule has 132 valence electrons. The van der Waals surface area contributed by atoms with Gasteiger partial charge in [-0.05, 0) is 61.2 Å². The lowest BCUT2D eigenvalue weighted by Crippen LogP contribution is -2.15. The summed E-state index contributed by atoms with van der Waals surface area (Å²) in [5.74, 6) is -0.210. The molecule has 0 aliphatic carbocycles. The Bertz CT molecular complexity index is 934. The highest BCUT2D eigenvalue weighted by atomic mass is 16.1. The van der Waals surface area contributed by atoms with Gasteiger partial charge in [0.1, 0.15) is 5.69 Å². The zero-order chi connectivity index (χ0) is 18.5. The maximum atomic E-state index is 12.6. The Labute approximate surface area is 154 Å². The van der Waals surface area contributed by atoms with Crippen LogP contribution in [0.5, 0.6) is 0 Å². The van der Waals surface area contributed by atoms with Gasteiger partial charge in [0.25, 0.3) is 5.91 Å². The Hall–Kier alpha value is -3.14. The van der Waals surface area contributed by atoms with Gasteiger partial charge in [-0.25, -0.2) is 0 Å². The van der Waals surface area contributed by atoms with Gasteiger partial charge in [-0.1, -0.05) is 36.4 Å². The van der Waals surface area contributed by atoms with Gasteiger partial charge in [-0.3, -0.25) is 9.78 Å². The number of aryl methyl sites for hydroxylation is 2. The fourth-order valence-electron chi connectivity index (χ4n) is 2.74. The number of carbonyl (C=O) groups excluding carboxylic acids is 1. The lowest BCUT2D eigenvalue weighted by Gasteiger charge is -2.12. The fourth-order valence-corrected chi connectivity index (χ4v) is 2.74. The van der Waals surface area contributed by atoms with Crippen LogP contribution in [0.25, 0.3) is 0 Å². The van der Waals surface area contributed by atoms with Gasteiger partial charge in [0, 0.05) is 24.1 Å². The van der Waals surface area contributed by atoms with E-state index in [1.807, 2.05) is 50.2 Å². The van der Waals surface area contributed by atoms with Crippen molar-refractivity contribution in [2.45, 2.75) is 27.3 Å². The highest BCUT2D eigenvalue weighted by molar-refractivity contribution is 6.03. The minimum absolute atomic E-state index is 0.210. The largest absolute Gasteiger partial charge is 0.381 e. The van der Waals surface area contributed by atoms with E-state index in [1.165, 1.54) is 11.1 Å². The van der Waals surface area contributed by atoms with Crippen LogP contribution in [0.1, 0.15) is 32.7 Å². The molecule has 0 aliphatic rings. The Kier molecular flexibility index (Phi) is 5.32. The number of rotatable bonds is 5. The number of anilines is 2. The molecule has 0 fully saturated rings.